The largest absolute Gasteiger partial charge is 0.507 e. The zero-order valence-corrected chi connectivity index (χ0v) is 15.2. The minimum absolute atomic E-state index is 0.00716. The molecule has 0 aliphatic heterocycles. The van der Waals surface area contributed by atoms with E-state index in [9.17, 15) is 14.7 Å². The number of aliphatic hydroxyl groups is 1. The van der Waals surface area contributed by atoms with E-state index < -0.39 is 0 Å². The Morgan fingerprint density at radius 3 is 2.83 bits per heavy atom. The van der Waals surface area contributed by atoms with Crippen molar-refractivity contribution in [3.8, 4) is 5.75 Å². The molecule has 6 heteroatoms. The molecule has 0 spiro atoms. The number of rotatable bonds is 4. The van der Waals surface area contributed by atoms with Crippen molar-refractivity contribution in [3.05, 3.63) is 33.3 Å². The van der Waals surface area contributed by atoms with Crippen LogP contribution in [0.3, 0.4) is 0 Å². The maximum atomic E-state index is 12.6. The van der Waals surface area contributed by atoms with Crippen LogP contribution < -0.4 is 4.74 Å². The van der Waals surface area contributed by atoms with Crippen LogP contribution in [0.25, 0.3) is 5.76 Å². The topological polar surface area (TPSA) is 72.8 Å². The maximum Gasteiger partial charge on any atom is 0.306 e. The van der Waals surface area contributed by atoms with E-state index in [4.69, 9.17) is 9.47 Å². The Kier molecular flexibility index (Phi) is 4.67. The number of methoxy groups -OCH3 is 1. The summed E-state index contributed by atoms with van der Waals surface area (Å²) in [5.74, 6) is -0.138. The van der Waals surface area contributed by atoms with Crippen molar-refractivity contribution in [2.24, 2.45) is 5.92 Å². The molecule has 1 aromatic carbocycles. The van der Waals surface area contributed by atoms with Crippen LogP contribution in [0.4, 0.5) is 0 Å². The van der Waals surface area contributed by atoms with Gasteiger partial charge in [0.05, 0.1) is 19.3 Å². The Bertz CT molecular complexity index is 737. The second kappa shape index (κ2) is 6.59. The van der Waals surface area contributed by atoms with Crippen LogP contribution in [0, 0.1) is 5.92 Å². The van der Waals surface area contributed by atoms with Crippen molar-refractivity contribution >= 4 is 33.4 Å². The standard InChI is InChI=1S/C18H19BrO5/c1-3-24-14(21)8-9-6-10-15-11(19)4-5-13(23-2)17(15)18(22)16(10)12(20)7-9/h4-5,9-10,22H,3,6-8H2,1-2H3/t9-,10?/m1/s1. The highest BCUT2D eigenvalue weighted by atomic mass is 79.9. The van der Waals surface area contributed by atoms with Gasteiger partial charge in [0.15, 0.2) is 5.78 Å². The number of fused-ring (bicyclic) bond motifs is 3. The molecule has 0 amide bonds. The predicted octanol–water partition coefficient (Wildman–Crippen LogP) is 3.76. The zero-order chi connectivity index (χ0) is 17.4. The van der Waals surface area contributed by atoms with E-state index in [1.165, 1.54) is 7.11 Å². The van der Waals surface area contributed by atoms with Gasteiger partial charge in [-0.3, -0.25) is 9.59 Å². The molecule has 0 bridgehead atoms. The van der Waals surface area contributed by atoms with Crippen LogP contribution in [0.2, 0.25) is 0 Å². The normalized spacial score (nSPS) is 22.2. The van der Waals surface area contributed by atoms with E-state index >= 15 is 0 Å². The highest BCUT2D eigenvalue weighted by molar-refractivity contribution is 9.10. The Morgan fingerprint density at radius 2 is 2.17 bits per heavy atom. The van der Waals surface area contributed by atoms with Gasteiger partial charge in [-0.15, -0.1) is 0 Å². The van der Waals surface area contributed by atoms with Gasteiger partial charge in [0.25, 0.3) is 0 Å². The molecular weight excluding hydrogens is 376 g/mol. The number of carbonyl (C=O) groups is 2. The predicted molar refractivity (Wildman–Crippen MR) is 92.0 cm³/mol. The second-order valence-corrected chi connectivity index (χ2v) is 6.95. The molecule has 1 N–H and O–H groups in total. The van der Waals surface area contributed by atoms with Crippen molar-refractivity contribution in [2.45, 2.75) is 32.1 Å². The van der Waals surface area contributed by atoms with Gasteiger partial charge < -0.3 is 14.6 Å². The van der Waals surface area contributed by atoms with Crippen LogP contribution in [-0.4, -0.2) is 30.6 Å². The van der Waals surface area contributed by atoms with E-state index in [1.807, 2.05) is 6.07 Å². The van der Waals surface area contributed by atoms with Gasteiger partial charge in [-0.1, -0.05) is 15.9 Å². The molecule has 1 saturated carbocycles. The number of benzene rings is 1. The number of carbonyl (C=O) groups excluding carboxylic acids is 2. The maximum absolute atomic E-state index is 12.6. The average Bonchev–Trinajstić information content (AvgIpc) is 2.83. The summed E-state index contributed by atoms with van der Waals surface area (Å²) in [4.78, 5) is 24.4. The smallest absolute Gasteiger partial charge is 0.306 e. The van der Waals surface area contributed by atoms with Crippen LogP contribution in [0.1, 0.15) is 43.2 Å². The number of ketones is 1. The van der Waals surface area contributed by atoms with Gasteiger partial charge >= 0.3 is 5.97 Å². The van der Waals surface area contributed by atoms with Gasteiger partial charge in [0.1, 0.15) is 11.5 Å². The molecule has 0 aromatic heterocycles. The van der Waals surface area contributed by atoms with E-state index in [2.05, 4.69) is 15.9 Å². The third-order valence-electron chi connectivity index (χ3n) is 4.67. The number of aliphatic hydroxyl groups excluding tert-OH is 1. The highest BCUT2D eigenvalue weighted by Gasteiger charge is 2.43. The summed E-state index contributed by atoms with van der Waals surface area (Å²) in [6.07, 6.45) is 1.10. The first kappa shape index (κ1) is 17.0. The summed E-state index contributed by atoms with van der Waals surface area (Å²) in [5, 5.41) is 10.6. The van der Waals surface area contributed by atoms with Crippen molar-refractivity contribution in [1.29, 1.82) is 0 Å². The second-order valence-electron chi connectivity index (χ2n) is 6.09. The van der Waals surface area contributed by atoms with Crippen LogP contribution in [0.5, 0.6) is 5.75 Å². The molecule has 24 heavy (non-hydrogen) atoms. The number of ether oxygens (including phenoxy) is 2. The fourth-order valence-corrected chi connectivity index (χ4v) is 4.34. The molecule has 2 aliphatic rings. The van der Waals surface area contributed by atoms with E-state index in [0.717, 1.165) is 10.0 Å². The Balaban J connectivity index is 1.97. The van der Waals surface area contributed by atoms with Gasteiger partial charge in [-0.25, -0.2) is 0 Å². The molecule has 0 heterocycles. The first-order valence-corrected chi connectivity index (χ1v) is 8.75. The number of allylic oxidation sites excluding steroid dienone is 1. The Morgan fingerprint density at radius 1 is 1.42 bits per heavy atom. The van der Waals surface area contributed by atoms with Crippen molar-refractivity contribution < 1.29 is 24.2 Å². The molecule has 128 valence electrons. The molecule has 3 rings (SSSR count). The van der Waals surface area contributed by atoms with E-state index in [-0.39, 0.29) is 42.2 Å². The van der Waals surface area contributed by atoms with Crippen molar-refractivity contribution in [2.75, 3.05) is 13.7 Å². The molecular formula is C18H19BrO5. The van der Waals surface area contributed by atoms with Crippen LogP contribution >= 0.6 is 15.9 Å². The fourth-order valence-electron chi connectivity index (χ4n) is 3.74. The molecule has 5 nitrogen and oxygen atoms in total. The van der Waals surface area contributed by atoms with Crippen molar-refractivity contribution in [3.63, 3.8) is 0 Å². The summed E-state index contributed by atoms with van der Waals surface area (Å²) < 4.78 is 11.2. The van der Waals surface area contributed by atoms with Crippen molar-refractivity contribution in [1.82, 2.24) is 0 Å². The van der Waals surface area contributed by atoms with Crippen LogP contribution in [0.15, 0.2) is 22.2 Å². The van der Waals surface area contributed by atoms with E-state index in [1.54, 1.807) is 13.0 Å². The molecule has 1 unspecified atom stereocenters. The third-order valence-corrected chi connectivity index (χ3v) is 5.36. The SMILES string of the molecule is CCOC(=O)C[C@H]1CC(=O)C2=C(O)c3c(OC)ccc(Br)c3C2C1. The third kappa shape index (κ3) is 2.73. The molecule has 2 atom stereocenters. The number of hydrogen-bond acceptors (Lipinski definition) is 5. The lowest BCUT2D eigenvalue weighted by molar-refractivity contribution is -0.144. The van der Waals surface area contributed by atoms with Gasteiger partial charge in [0, 0.05) is 28.8 Å². The minimum atomic E-state index is -0.283. The van der Waals surface area contributed by atoms with Gasteiger partial charge in [0.2, 0.25) is 0 Å². The summed E-state index contributed by atoms with van der Waals surface area (Å²) in [6.45, 7) is 2.10. The zero-order valence-electron chi connectivity index (χ0n) is 13.6. The molecule has 0 radical (unpaired) electrons. The lowest BCUT2D eigenvalue weighted by atomic mass is 9.75. The van der Waals surface area contributed by atoms with Gasteiger partial charge in [-0.2, -0.15) is 0 Å². The van der Waals surface area contributed by atoms with Crippen LogP contribution in [-0.2, 0) is 14.3 Å². The number of hydrogen-bond donors (Lipinski definition) is 1. The number of esters is 1. The molecule has 2 aliphatic carbocycles. The fraction of sp³-hybridized carbons (Fsp3) is 0.444. The number of Topliss-reactive ketones (excluding diaryl/α,β-unsaturated/α-hetero) is 1. The van der Waals surface area contributed by atoms with Gasteiger partial charge in [-0.05, 0) is 37.0 Å². The molecule has 1 aromatic rings. The monoisotopic (exact) mass is 394 g/mol. The summed E-state index contributed by atoms with van der Waals surface area (Å²) >= 11 is 3.52. The first-order chi connectivity index (χ1) is 11.5. The molecule has 0 saturated heterocycles. The quantitative estimate of drug-likeness (QED) is 0.787. The highest BCUT2D eigenvalue weighted by Crippen LogP contribution is 2.53. The minimum Gasteiger partial charge on any atom is -0.507 e. The Hall–Kier alpha value is -1.82. The Labute approximate surface area is 148 Å². The summed E-state index contributed by atoms with van der Waals surface area (Å²) in [5.41, 5.74) is 1.89. The lowest BCUT2D eigenvalue weighted by Gasteiger charge is -2.28. The number of halogens is 1. The van der Waals surface area contributed by atoms with E-state index in [0.29, 0.717) is 29.9 Å². The average molecular weight is 395 g/mol. The summed E-state index contributed by atoms with van der Waals surface area (Å²) in [6, 6.07) is 3.62. The molecule has 1 fully saturated rings. The first-order valence-electron chi connectivity index (χ1n) is 7.96. The lowest BCUT2D eigenvalue weighted by Crippen LogP contribution is -2.25. The summed E-state index contributed by atoms with van der Waals surface area (Å²) in [7, 11) is 1.54.